The summed E-state index contributed by atoms with van der Waals surface area (Å²) in [5.41, 5.74) is 0. The van der Waals surface area contributed by atoms with Crippen molar-refractivity contribution in [2.75, 3.05) is 0 Å². The molecule has 0 heterocycles. The molecule has 2 nitrogen and oxygen atoms in total. The molecule has 0 aliphatic carbocycles. The second-order valence-corrected chi connectivity index (χ2v) is 0. The second-order valence-electron chi connectivity index (χ2n) is 0. The van der Waals surface area contributed by atoms with Gasteiger partial charge in [-0.1, -0.05) is 0 Å². The first-order valence-electron chi connectivity index (χ1n) is 0.309. The smallest absolute Gasteiger partial charge is 0.769 e. The Morgan fingerprint density at radius 2 is 0.667 bits per heavy atom. The van der Waals surface area contributed by atoms with E-state index in [1.54, 1.807) is 0 Å². The van der Waals surface area contributed by atoms with Gasteiger partial charge in [-0.25, -0.2) is 23.7 Å². The maximum absolute atomic E-state index is 7.72. The van der Waals surface area contributed by atoms with E-state index in [1.807, 2.05) is 0 Å². The Morgan fingerprint density at radius 3 is 0.667 bits per heavy atom. The molecule has 6 heavy (non-hydrogen) atoms. The molecule has 0 unspecified atom stereocenters. The van der Waals surface area contributed by atoms with Gasteiger partial charge in [0.1, 0.15) is 0 Å². The van der Waals surface area contributed by atoms with Crippen LogP contribution in [0, 0.1) is 0 Å². The first kappa shape index (κ1) is 23.0. The van der Waals surface area contributed by atoms with Crippen molar-refractivity contribution in [3.8, 4) is 0 Å². The van der Waals surface area contributed by atoms with Crippen LogP contribution in [0.1, 0.15) is 0 Å². The molecule has 0 rings (SSSR count). The zero-order valence-corrected chi connectivity index (χ0v) is 8.92. The Kier molecular flexibility index (Phi) is 166. The largest absolute Gasteiger partial charge is 2.00 e. The summed E-state index contributed by atoms with van der Waals surface area (Å²) in [6.45, 7) is 0. The van der Waals surface area contributed by atoms with Crippen LogP contribution in [0.5, 0.6) is 0 Å². The molecule has 0 fully saturated rings. The molecule has 0 aromatic heterocycles. The third kappa shape index (κ3) is 27.9. The van der Waals surface area contributed by atoms with E-state index in [-0.39, 0.29) is 75.5 Å². The zero-order valence-electron chi connectivity index (χ0n) is 2.99. The fourth-order valence-electron chi connectivity index (χ4n) is 0. The molecule has 0 bridgehead atoms. The van der Waals surface area contributed by atoms with Crippen molar-refractivity contribution in [2.45, 2.75) is 0 Å². The third-order valence-corrected chi connectivity index (χ3v) is 0. The quantitative estimate of drug-likeness (QED) is 0.417. The summed E-state index contributed by atoms with van der Waals surface area (Å²) in [4.78, 5) is 0. The van der Waals surface area contributed by atoms with Crippen molar-refractivity contribution in [3.05, 3.63) is 0 Å². The monoisotopic (exact) mass is 182 g/mol. The van der Waals surface area contributed by atoms with Crippen LogP contribution in [-0.4, -0.2) is 75.5 Å². The van der Waals surface area contributed by atoms with E-state index in [0.717, 1.165) is 0 Å². The molecule has 0 N–H and O–H groups in total. The van der Waals surface area contributed by atoms with E-state index in [4.69, 9.17) is 9.32 Å². The van der Waals surface area contributed by atoms with E-state index in [9.17, 15) is 0 Å². The molecule has 0 atom stereocenters. The van der Waals surface area contributed by atoms with Crippen molar-refractivity contribution >= 4 is 99.2 Å². The number of hydrogen-bond donors (Lipinski definition) is 0. The van der Waals surface area contributed by atoms with Gasteiger partial charge in [-0.15, -0.1) is 0 Å². The summed E-state index contributed by atoms with van der Waals surface area (Å²) in [5, 5.41) is 0. The Labute approximate surface area is 106 Å². The number of rotatable bonds is 0. The van der Waals surface area contributed by atoms with Gasteiger partial charge >= 0.3 is 75.5 Å². The van der Waals surface area contributed by atoms with Crippen LogP contribution in [-0.2, 0) is 0 Å². The van der Waals surface area contributed by atoms with E-state index in [1.165, 1.54) is 0 Å². The van der Waals surface area contributed by atoms with Crippen molar-refractivity contribution in [3.63, 3.8) is 0 Å². The van der Waals surface area contributed by atoms with Crippen LogP contribution < -0.4 is 9.32 Å². The van der Waals surface area contributed by atoms with E-state index >= 15 is 0 Å². The third-order valence-electron chi connectivity index (χ3n) is 0. The normalized spacial score (nSPS) is 2.00. The molecule has 0 aromatic carbocycles. The van der Waals surface area contributed by atoms with Gasteiger partial charge in [0.25, 0.3) is 0 Å². The molecular weight excluding hydrogens is 183 g/mol. The first-order valence-corrected chi connectivity index (χ1v) is 0.926. The average Bonchev–Trinajstić information content (AvgIpc) is 1.50. The Balaban J connectivity index is -0.00000000500. The van der Waals surface area contributed by atoms with Gasteiger partial charge in [-0.05, 0) is 0 Å². The first-order chi connectivity index (χ1) is 2.00. The fourth-order valence-corrected chi connectivity index (χ4v) is 0. The predicted octanol–water partition coefficient (Wildman–Crippen LogP) is -1.76. The zero-order chi connectivity index (χ0) is 4.00. The minimum Gasteiger partial charge on any atom is -0.769 e. The summed E-state index contributed by atoms with van der Waals surface area (Å²) in [6.07, 6.45) is 0. The van der Waals surface area contributed by atoms with E-state index < -0.39 is 0 Å². The van der Waals surface area contributed by atoms with E-state index in [0.29, 0.717) is 0 Å². The topological polar surface area (TPSA) is 46.1 Å². The Hall–Kier alpha value is 3.02. The maximum Gasteiger partial charge on any atom is 2.00 e. The van der Waals surface area contributed by atoms with E-state index in [2.05, 4.69) is 23.7 Å². The molecule has 0 amide bonds. The van der Waals surface area contributed by atoms with Crippen LogP contribution in [0.2, 0.25) is 0 Å². The predicted molar refractivity (Wildman–Crippen MR) is 23.2 cm³/mol. The van der Waals surface area contributed by atoms with Gasteiger partial charge in [0.15, 0.2) is 0 Å². The van der Waals surface area contributed by atoms with Crippen LogP contribution in [0.4, 0.5) is 0 Å². The summed E-state index contributed by atoms with van der Waals surface area (Å²) in [7, 11) is 0. The van der Waals surface area contributed by atoms with Crippen LogP contribution in [0.15, 0.2) is 0 Å². The van der Waals surface area contributed by atoms with Gasteiger partial charge in [0.2, 0.25) is 0 Å². The van der Waals surface area contributed by atoms with Gasteiger partial charge in [0, 0.05) is 0 Å². The van der Waals surface area contributed by atoms with Crippen molar-refractivity contribution < 1.29 is 9.32 Å². The van der Waals surface area contributed by atoms with Gasteiger partial charge < -0.3 is 9.32 Å². The van der Waals surface area contributed by atoms with Crippen molar-refractivity contribution in [2.24, 2.45) is 0 Å². The van der Waals surface area contributed by atoms with Gasteiger partial charge in [-0.3, -0.25) is 0 Å². The van der Waals surface area contributed by atoms with Crippen LogP contribution in [0.3, 0.4) is 0 Å². The van der Waals surface area contributed by atoms with Crippen molar-refractivity contribution in [1.82, 2.24) is 0 Å². The van der Waals surface area contributed by atoms with Gasteiger partial charge in [0.05, 0.1) is 0 Å². The molecule has 0 aliphatic rings. The standard InChI is InChI=1S/2Ca.2ClO/c;;2*1-2/q2*+2;2*-1. The summed E-state index contributed by atoms with van der Waals surface area (Å²) in [5.74, 6) is 0. The Bertz CT molecular complexity index is 9.51. The molecular formula is Ca2Cl2O2+2. The van der Waals surface area contributed by atoms with Gasteiger partial charge in [-0.2, -0.15) is 0 Å². The second kappa shape index (κ2) is 43.3. The SMILES string of the molecule is [Ca+2].[Ca+2].[O-]Cl.[O-]Cl. The fraction of sp³-hybridized carbons (Fsp3) is 0. The molecule has 0 radical (unpaired) electrons. The minimum atomic E-state index is 0. The van der Waals surface area contributed by atoms with Crippen LogP contribution >= 0.6 is 23.7 Å². The molecule has 6 heteroatoms. The molecule has 28 valence electrons. The summed E-state index contributed by atoms with van der Waals surface area (Å²) in [6, 6.07) is 0. The Morgan fingerprint density at radius 1 is 0.667 bits per heavy atom. The minimum absolute atomic E-state index is 0. The molecule has 0 saturated heterocycles. The maximum atomic E-state index is 7.72. The number of halogens is 2. The molecule has 0 aliphatic heterocycles. The molecule has 0 spiro atoms. The average molecular weight is 183 g/mol. The summed E-state index contributed by atoms with van der Waals surface area (Å²) < 4.78 is 15.4. The van der Waals surface area contributed by atoms with Crippen LogP contribution in [0.25, 0.3) is 0 Å². The van der Waals surface area contributed by atoms with Crippen molar-refractivity contribution in [1.29, 1.82) is 0 Å². The molecule has 0 aromatic rings. The molecule has 0 saturated carbocycles. The number of hydrogen-bond acceptors (Lipinski definition) is 2. The summed E-state index contributed by atoms with van der Waals surface area (Å²) >= 11 is 6.78.